The van der Waals surface area contributed by atoms with Crippen LogP contribution in [0.3, 0.4) is 0 Å². The maximum absolute atomic E-state index is 12.9. The summed E-state index contributed by atoms with van der Waals surface area (Å²) in [7, 11) is 1.54. The van der Waals surface area contributed by atoms with Crippen LogP contribution in [0.25, 0.3) is 6.08 Å². The summed E-state index contributed by atoms with van der Waals surface area (Å²) in [6.45, 7) is 0. The highest BCUT2D eigenvalue weighted by Gasteiger charge is 2.34. The minimum Gasteiger partial charge on any atom is -0.497 e. The maximum Gasteiger partial charge on any atom is 0.270 e. The van der Waals surface area contributed by atoms with E-state index in [2.05, 4.69) is 5.32 Å². The number of hydrogen-bond donors (Lipinski definition) is 1. The molecule has 1 aliphatic heterocycles. The second-order valence-electron chi connectivity index (χ2n) is 5.32. The minimum atomic E-state index is -0.587. The molecule has 1 saturated heterocycles. The molecular formula is C18H12Cl2N2O3S. The number of hydrogen-bond acceptors (Lipinski definition) is 4. The van der Waals surface area contributed by atoms with Crippen molar-refractivity contribution >= 4 is 64.1 Å². The van der Waals surface area contributed by atoms with Crippen LogP contribution in [0.4, 0.5) is 5.69 Å². The average Bonchev–Trinajstić information content (AvgIpc) is 2.60. The van der Waals surface area contributed by atoms with Gasteiger partial charge in [-0.05, 0) is 60.3 Å². The Kier molecular flexibility index (Phi) is 5.27. The van der Waals surface area contributed by atoms with Crippen molar-refractivity contribution in [3.63, 3.8) is 0 Å². The number of carbonyl (C=O) groups excluding carboxylic acids is 2. The summed E-state index contributed by atoms with van der Waals surface area (Å²) in [6, 6.07) is 11.5. The van der Waals surface area contributed by atoms with Crippen molar-refractivity contribution in [2.75, 3.05) is 12.0 Å². The number of anilines is 1. The Labute approximate surface area is 165 Å². The van der Waals surface area contributed by atoms with Gasteiger partial charge < -0.3 is 4.74 Å². The largest absolute Gasteiger partial charge is 0.497 e. The lowest BCUT2D eigenvalue weighted by molar-refractivity contribution is -0.122. The highest BCUT2D eigenvalue weighted by molar-refractivity contribution is 7.80. The molecule has 1 fully saturated rings. The molecule has 5 nitrogen and oxygen atoms in total. The Morgan fingerprint density at radius 3 is 2.42 bits per heavy atom. The lowest BCUT2D eigenvalue weighted by atomic mass is 10.1. The van der Waals surface area contributed by atoms with Crippen LogP contribution in [0, 0.1) is 0 Å². The Morgan fingerprint density at radius 2 is 1.81 bits per heavy atom. The van der Waals surface area contributed by atoms with Crippen LogP contribution in [0.15, 0.2) is 48.0 Å². The standard InChI is InChI=1S/C18H12Cl2N2O3S/c1-25-13-6-4-12(5-7-13)22-17(24)14(16(23)21-18(22)26)8-10-2-3-11(19)9-15(10)20/h2-9H,1H3,(H,21,23,26)/b14-8-. The minimum absolute atomic E-state index is 0.00419. The maximum atomic E-state index is 12.9. The first-order valence-corrected chi connectivity index (χ1v) is 8.57. The summed E-state index contributed by atoms with van der Waals surface area (Å²) in [5, 5.41) is 3.31. The van der Waals surface area contributed by atoms with Crippen molar-refractivity contribution in [3.8, 4) is 5.75 Å². The summed E-state index contributed by atoms with van der Waals surface area (Å²) < 4.78 is 5.11. The molecule has 1 aliphatic rings. The molecule has 3 rings (SSSR count). The first-order valence-electron chi connectivity index (χ1n) is 7.41. The highest BCUT2D eigenvalue weighted by Crippen LogP contribution is 2.27. The SMILES string of the molecule is COc1ccc(N2C(=O)/C(=C\c3ccc(Cl)cc3Cl)C(=O)NC2=S)cc1. The molecule has 0 atom stereocenters. The number of carbonyl (C=O) groups is 2. The van der Waals surface area contributed by atoms with E-state index < -0.39 is 11.8 Å². The van der Waals surface area contributed by atoms with Gasteiger partial charge >= 0.3 is 0 Å². The van der Waals surface area contributed by atoms with Crippen molar-refractivity contribution in [1.29, 1.82) is 0 Å². The summed E-state index contributed by atoms with van der Waals surface area (Å²) in [4.78, 5) is 26.4. The van der Waals surface area contributed by atoms with Crippen LogP contribution in [0.2, 0.25) is 10.0 Å². The number of ether oxygens (including phenoxy) is 1. The van der Waals surface area contributed by atoms with E-state index in [1.807, 2.05) is 0 Å². The van der Waals surface area contributed by atoms with Gasteiger partial charge in [-0.15, -0.1) is 0 Å². The van der Waals surface area contributed by atoms with Crippen molar-refractivity contribution in [3.05, 3.63) is 63.6 Å². The van der Waals surface area contributed by atoms with Gasteiger partial charge in [-0.1, -0.05) is 29.3 Å². The Balaban J connectivity index is 2.00. The van der Waals surface area contributed by atoms with Crippen molar-refractivity contribution in [2.24, 2.45) is 0 Å². The predicted molar refractivity (Wildman–Crippen MR) is 106 cm³/mol. The normalized spacial score (nSPS) is 16.0. The molecule has 2 aromatic rings. The van der Waals surface area contributed by atoms with E-state index in [1.165, 1.54) is 17.0 Å². The van der Waals surface area contributed by atoms with Crippen molar-refractivity contribution < 1.29 is 14.3 Å². The van der Waals surface area contributed by atoms with Gasteiger partial charge in [0.15, 0.2) is 5.11 Å². The van der Waals surface area contributed by atoms with Crippen molar-refractivity contribution in [2.45, 2.75) is 0 Å². The summed E-state index contributed by atoms with van der Waals surface area (Å²) >= 11 is 17.2. The van der Waals surface area contributed by atoms with E-state index in [-0.39, 0.29) is 10.7 Å². The predicted octanol–water partition coefficient (Wildman–Crippen LogP) is 3.83. The third-order valence-corrected chi connectivity index (χ3v) is 4.54. The molecule has 0 unspecified atom stereocenters. The van der Waals surface area contributed by atoms with E-state index in [1.54, 1.807) is 43.5 Å². The van der Waals surface area contributed by atoms with Gasteiger partial charge in [-0.2, -0.15) is 0 Å². The molecule has 2 amide bonds. The second kappa shape index (κ2) is 7.45. The number of rotatable bonds is 3. The van der Waals surface area contributed by atoms with Crippen molar-refractivity contribution in [1.82, 2.24) is 5.32 Å². The van der Waals surface area contributed by atoms with Crippen LogP contribution in [-0.2, 0) is 9.59 Å². The van der Waals surface area contributed by atoms with Gasteiger partial charge in [0.25, 0.3) is 11.8 Å². The molecule has 1 N–H and O–H groups in total. The fourth-order valence-electron chi connectivity index (χ4n) is 2.40. The van der Waals surface area contributed by atoms with Crippen LogP contribution in [0.5, 0.6) is 5.75 Å². The number of halogens is 2. The van der Waals surface area contributed by atoms with Gasteiger partial charge in [0.1, 0.15) is 11.3 Å². The molecule has 0 bridgehead atoms. The number of nitrogens with zero attached hydrogens (tertiary/aromatic N) is 1. The van der Waals surface area contributed by atoms with Gasteiger partial charge in [-0.3, -0.25) is 19.8 Å². The third-order valence-electron chi connectivity index (χ3n) is 3.69. The molecule has 0 spiro atoms. The van der Waals surface area contributed by atoms with E-state index in [4.69, 9.17) is 40.2 Å². The molecular weight excluding hydrogens is 395 g/mol. The fourth-order valence-corrected chi connectivity index (χ4v) is 3.14. The molecule has 0 aliphatic carbocycles. The zero-order valence-electron chi connectivity index (χ0n) is 13.5. The number of methoxy groups -OCH3 is 1. The van der Waals surface area contributed by atoms with Gasteiger partial charge in [0, 0.05) is 10.0 Å². The molecule has 26 heavy (non-hydrogen) atoms. The molecule has 0 aromatic heterocycles. The average molecular weight is 407 g/mol. The number of benzene rings is 2. The van der Waals surface area contributed by atoms with Crippen LogP contribution < -0.4 is 15.0 Å². The molecule has 0 radical (unpaired) electrons. The Morgan fingerprint density at radius 1 is 1.12 bits per heavy atom. The molecule has 2 aromatic carbocycles. The first kappa shape index (κ1) is 18.4. The molecule has 0 saturated carbocycles. The number of amides is 2. The second-order valence-corrected chi connectivity index (χ2v) is 6.55. The Bertz CT molecular complexity index is 942. The zero-order valence-corrected chi connectivity index (χ0v) is 15.8. The third kappa shape index (κ3) is 3.58. The van der Waals surface area contributed by atoms with E-state index >= 15 is 0 Å². The monoisotopic (exact) mass is 406 g/mol. The quantitative estimate of drug-likeness (QED) is 0.477. The smallest absolute Gasteiger partial charge is 0.270 e. The fraction of sp³-hybridized carbons (Fsp3) is 0.0556. The molecule has 132 valence electrons. The summed E-state index contributed by atoms with van der Waals surface area (Å²) in [5.41, 5.74) is 0.921. The summed E-state index contributed by atoms with van der Waals surface area (Å²) in [6.07, 6.45) is 1.41. The van der Waals surface area contributed by atoms with Crippen LogP contribution in [-0.4, -0.2) is 24.0 Å². The molecule has 8 heteroatoms. The van der Waals surface area contributed by atoms with Crippen LogP contribution in [0.1, 0.15) is 5.56 Å². The van der Waals surface area contributed by atoms with E-state index in [9.17, 15) is 9.59 Å². The zero-order chi connectivity index (χ0) is 18.8. The first-order chi connectivity index (χ1) is 12.4. The van der Waals surface area contributed by atoms with E-state index in [0.29, 0.717) is 27.0 Å². The summed E-state index contributed by atoms with van der Waals surface area (Å²) in [5.74, 6) is -0.498. The number of thiocarbonyl (C=S) groups is 1. The van der Waals surface area contributed by atoms with Crippen LogP contribution >= 0.6 is 35.4 Å². The van der Waals surface area contributed by atoms with Gasteiger partial charge in [-0.25, -0.2) is 0 Å². The number of nitrogens with one attached hydrogen (secondary N) is 1. The van der Waals surface area contributed by atoms with E-state index in [0.717, 1.165) is 0 Å². The van der Waals surface area contributed by atoms with Gasteiger partial charge in [0.2, 0.25) is 0 Å². The topological polar surface area (TPSA) is 58.6 Å². The molecule has 1 heterocycles. The lowest BCUT2D eigenvalue weighted by Crippen LogP contribution is -2.54. The Hall–Kier alpha value is -2.41. The highest BCUT2D eigenvalue weighted by atomic mass is 35.5. The lowest BCUT2D eigenvalue weighted by Gasteiger charge is -2.29. The van der Waals surface area contributed by atoms with Gasteiger partial charge in [0.05, 0.1) is 12.8 Å².